The number of sulfonamides is 1. The van der Waals surface area contributed by atoms with Crippen molar-refractivity contribution in [3.63, 3.8) is 0 Å². The molecule has 6 rings (SSSR count). The zero-order valence-corrected chi connectivity index (χ0v) is 27.4. The predicted octanol–water partition coefficient (Wildman–Crippen LogP) is 5.24. The molecule has 1 saturated carbocycles. The summed E-state index contributed by atoms with van der Waals surface area (Å²) in [5.41, 5.74) is 3.92. The molecular formula is C33H42N4O5S2. The number of piperazine rings is 1. The fourth-order valence-electron chi connectivity index (χ4n) is 6.72. The van der Waals surface area contributed by atoms with E-state index in [0.29, 0.717) is 41.6 Å². The molecule has 2 fully saturated rings. The Morgan fingerprint density at radius 1 is 1.00 bits per heavy atom. The Kier molecular flexibility index (Phi) is 9.18. The molecule has 1 atom stereocenters. The van der Waals surface area contributed by atoms with Crippen molar-refractivity contribution in [2.24, 2.45) is 0 Å². The number of carbonyl (C=O) groups is 1. The first-order valence-corrected chi connectivity index (χ1v) is 17.8. The van der Waals surface area contributed by atoms with Crippen molar-refractivity contribution < 1.29 is 22.7 Å². The van der Waals surface area contributed by atoms with Gasteiger partial charge in [0.05, 0.1) is 20.3 Å². The van der Waals surface area contributed by atoms with Crippen LogP contribution >= 0.6 is 11.3 Å². The van der Waals surface area contributed by atoms with Gasteiger partial charge < -0.3 is 19.3 Å². The number of ether oxygens (including phenoxy) is 2. The largest absolute Gasteiger partial charge is 0.493 e. The van der Waals surface area contributed by atoms with Gasteiger partial charge in [0.1, 0.15) is 4.21 Å². The highest BCUT2D eigenvalue weighted by molar-refractivity contribution is 7.91. The molecule has 3 heterocycles. The van der Waals surface area contributed by atoms with Crippen LogP contribution < -0.4 is 14.4 Å². The van der Waals surface area contributed by atoms with Gasteiger partial charge in [0.15, 0.2) is 11.5 Å². The third-order valence-electron chi connectivity index (χ3n) is 9.50. The Hall–Kier alpha value is -3.12. The van der Waals surface area contributed by atoms with Gasteiger partial charge in [-0.25, -0.2) is 12.7 Å². The summed E-state index contributed by atoms with van der Waals surface area (Å²) in [5, 5.41) is 1.77. The maximum absolute atomic E-state index is 14.1. The summed E-state index contributed by atoms with van der Waals surface area (Å²) in [6, 6.07) is 15.8. The number of thiophene rings is 1. The van der Waals surface area contributed by atoms with E-state index >= 15 is 0 Å². The van der Waals surface area contributed by atoms with Gasteiger partial charge in [-0.15, -0.1) is 11.3 Å². The number of hydrogen-bond acceptors (Lipinski definition) is 8. The molecule has 0 N–H and O–H groups in total. The molecule has 1 aromatic heterocycles. The summed E-state index contributed by atoms with van der Waals surface area (Å²) < 4.78 is 38.9. The molecule has 1 amide bonds. The number of rotatable bonds is 12. The number of methoxy groups -OCH3 is 2. The van der Waals surface area contributed by atoms with Crippen LogP contribution in [-0.2, 0) is 16.6 Å². The Bertz CT molecular complexity index is 1570. The maximum Gasteiger partial charge on any atom is 0.255 e. The van der Waals surface area contributed by atoms with E-state index in [4.69, 9.17) is 9.47 Å². The van der Waals surface area contributed by atoms with Gasteiger partial charge >= 0.3 is 0 Å². The van der Waals surface area contributed by atoms with Gasteiger partial charge in [0.25, 0.3) is 15.9 Å². The summed E-state index contributed by atoms with van der Waals surface area (Å²) in [6.45, 7) is 4.89. The summed E-state index contributed by atoms with van der Waals surface area (Å²) in [5.74, 6) is 1.23. The van der Waals surface area contributed by atoms with Crippen LogP contribution in [0.25, 0.3) is 0 Å². The highest BCUT2D eigenvalue weighted by Gasteiger charge is 2.37. The molecule has 3 aliphatic rings. The Balaban J connectivity index is 1.23. The van der Waals surface area contributed by atoms with Crippen molar-refractivity contribution in [1.82, 2.24) is 14.1 Å². The summed E-state index contributed by atoms with van der Waals surface area (Å²) in [4.78, 5) is 21.1. The first kappa shape index (κ1) is 30.9. The van der Waals surface area contributed by atoms with E-state index in [1.54, 1.807) is 38.8 Å². The van der Waals surface area contributed by atoms with Crippen molar-refractivity contribution in [3.05, 3.63) is 70.6 Å². The van der Waals surface area contributed by atoms with Gasteiger partial charge in [-0.3, -0.25) is 9.69 Å². The number of nitrogens with zero attached hydrogens (tertiary/aromatic N) is 4. The second-order valence-corrected chi connectivity index (χ2v) is 15.1. The minimum atomic E-state index is -3.55. The second-order valence-electron chi connectivity index (χ2n) is 11.9. The van der Waals surface area contributed by atoms with Crippen LogP contribution in [0.5, 0.6) is 11.5 Å². The van der Waals surface area contributed by atoms with E-state index in [1.807, 2.05) is 35.2 Å². The average Bonchev–Trinajstić information content (AvgIpc) is 3.68. The minimum Gasteiger partial charge on any atom is -0.493 e. The normalized spacial score (nSPS) is 18.4. The number of anilines is 1. The second kappa shape index (κ2) is 13.1. The first-order valence-electron chi connectivity index (χ1n) is 15.5. The van der Waals surface area contributed by atoms with Gasteiger partial charge in [-0.1, -0.05) is 24.6 Å². The number of hydrogen-bond donors (Lipinski definition) is 0. The van der Waals surface area contributed by atoms with Crippen LogP contribution in [0.15, 0.2) is 58.1 Å². The smallest absolute Gasteiger partial charge is 0.255 e. The Morgan fingerprint density at radius 2 is 1.77 bits per heavy atom. The van der Waals surface area contributed by atoms with Crippen LogP contribution in [0, 0.1) is 0 Å². The van der Waals surface area contributed by atoms with E-state index in [9.17, 15) is 13.2 Å². The molecule has 9 nitrogen and oxygen atoms in total. The van der Waals surface area contributed by atoms with Crippen LogP contribution in [0.1, 0.15) is 59.6 Å². The molecule has 44 heavy (non-hydrogen) atoms. The van der Waals surface area contributed by atoms with Crippen molar-refractivity contribution in [2.45, 2.75) is 54.9 Å². The maximum atomic E-state index is 14.1. The van der Waals surface area contributed by atoms with E-state index in [0.717, 1.165) is 54.6 Å². The van der Waals surface area contributed by atoms with Crippen molar-refractivity contribution in [3.8, 4) is 11.5 Å². The van der Waals surface area contributed by atoms with E-state index in [-0.39, 0.29) is 11.9 Å². The molecule has 0 bridgehead atoms. The Morgan fingerprint density at radius 3 is 2.43 bits per heavy atom. The minimum absolute atomic E-state index is 0.00861. The molecule has 236 valence electrons. The molecule has 2 aromatic carbocycles. The highest BCUT2D eigenvalue weighted by atomic mass is 32.2. The monoisotopic (exact) mass is 638 g/mol. The lowest BCUT2D eigenvalue weighted by Gasteiger charge is -2.44. The molecule has 0 radical (unpaired) electrons. The SMILES string of the molecule is COc1ccc([C@@H](CCCN(C)S(=O)(=O)c2cccs2)N2Cc3c(cccc3N3CCN(C4CCC4)CC3)C2=O)cc1OC. The lowest BCUT2D eigenvalue weighted by Crippen LogP contribution is -2.52. The topological polar surface area (TPSA) is 82.6 Å². The molecule has 1 aliphatic carbocycles. The quantitative estimate of drug-likeness (QED) is 0.269. The van der Waals surface area contributed by atoms with Gasteiger partial charge in [0.2, 0.25) is 0 Å². The van der Waals surface area contributed by atoms with Crippen molar-refractivity contribution in [2.75, 3.05) is 58.9 Å². The van der Waals surface area contributed by atoms with E-state index in [1.165, 1.54) is 34.9 Å². The van der Waals surface area contributed by atoms with E-state index in [2.05, 4.69) is 15.9 Å². The van der Waals surface area contributed by atoms with E-state index < -0.39 is 10.0 Å². The van der Waals surface area contributed by atoms with Crippen LogP contribution in [0.2, 0.25) is 0 Å². The van der Waals surface area contributed by atoms with Crippen molar-refractivity contribution in [1.29, 1.82) is 0 Å². The molecule has 2 aliphatic heterocycles. The van der Waals surface area contributed by atoms with Gasteiger partial charge in [-0.2, -0.15) is 0 Å². The predicted molar refractivity (Wildman–Crippen MR) is 173 cm³/mol. The third-order valence-corrected chi connectivity index (χ3v) is 12.7. The first-order chi connectivity index (χ1) is 21.3. The molecule has 0 unspecified atom stereocenters. The molecule has 3 aromatic rings. The number of carbonyl (C=O) groups excluding carboxylic acids is 1. The lowest BCUT2D eigenvalue weighted by molar-refractivity contribution is 0.0687. The fourth-order valence-corrected chi connectivity index (χ4v) is 9.13. The average molecular weight is 639 g/mol. The zero-order valence-electron chi connectivity index (χ0n) is 25.8. The molecule has 1 saturated heterocycles. The number of amides is 1. The number of benzene rings is 2. The molecular weight excluding hydrogens is 597 g/mol. The van der Waals surface area contributed by atoms with Crippen LogP contribution in [0.3, 0.4) is 0 Å². The van der Waals surface area contributed by atoms with Gasteiger partial charge in [-0.05, 0) is 67.0 Å². The highest BCUT2D eigenvalue weighted by Crippen LogP contribution is 2.41. The summed E-state index contributed by atoms with van der Waals surface area (Å²) >= 11 is 1.22. The number of fused-ring (bicyclic) bond motifs is 1. The summed E-state index contributed by atoms with van der Waals surface area (Å²) in [6.07, 6.45) is 5.15. The molecule has 0 spiro atoms. The van der Waals surface area contributed by atoms with Crippen molar-refractivity contribution >= 4 is 33.0 Å². The third kappa shape index (κ3) is 5.94. The van der Waals surface area contributed by atoms with Gasteiger partial charge in [0, 0.05) is 69.2 Å². The summed E-state index contributed by atoms with van der Waals surface area (Å²) in [7, 11) is 1.28. The lowest BCUT2D eigenvalue weighted by atomic mass is 9.91. The van der Waals surface area contributed by atoms with Crippen LogP contribution in [-0.4, -0.2) is 88.5 Å². The fraction of sp³-hybridized carbons (Fsp3) is 0.485. The zero-order chi connectivity index (χ0) is 30.8. The Labute approximate surface area is 265 Å². The standard InChI is InChI=1S/C33H42N4O5S2/c1-34(44(39,40)32-13-7-21-43-32)16-6-12-28(24-14-15-30(41-2)31(22-24)42-3)37-23-27-26(33(37)38)10-5-11-29(27)36-19-17-35(18-20-36)25-8-4-9-25/h5,7,10-11,13-15,21-22,25,28H,4,6,8-9,12,16-20,23H2,1-3H3/t28-/m1/s1. The molecule has 11 heteroatoms. The van der Waals surface area contributed by atoms with Crippen LogP contribution in [0.4, 0.5) is 5.69 Å².